The number of fused-ring (bicyclic) bond motifs is 4. The predicted molar refractivity (Wildman–Crippen MR) is 340 cm³/mol. The van der Waals surface area contributed by atoms with Gasteiger partial charge in [0.25, 0.3) is 20.0 Å². The fraction of sp³-hybridized carbons (Fsp3) is 0.265. The van der Waals surface area contributed by atoms with Gasteiger partial charge in [-0.15, -0.1) is 73.4 Å². The number of ether oxygens (including phenoxy) is 4. The second kappa shape index (κ2) is 38.5. The summed E-state index contributed by atoms with van der Waals surface area (Å²) >= 11 is 6.96. The number of aliphatic hydroxyl groups excluding tert-OH is 1. The van der Waals surface area contributed by atoms with Gasteiger partial charge in [0.2, 0.25) is 23.8 Å². The third-order valence-corrected chi connectivity index (χ3v) is 18.9. The number of nitrogens with zero attached hydrogens (tertiary/aromatic N) is 9. The minimum absolute atomic E-state index is 0. The van der Waals surface area contributed by atoms with Gasteiger partial charge in [-0.3, -0.25) is 4.90 Å². The summed E-state index contributed by atoms with van der Waals surface area (Å²) in [7, 11) is -0.364. The van der Waals surface area contributed by atoms with E-state index in [1.807, 2.05) is 19.0 Å². The number of alkyl halides is 1. The summed E-state index contributed by atoms with van der Waals surface area (Å²) in [5.74, 6) is 8.35. The Morgan fingerprint density at radius 2 is 0.872 bits per heavy atom. The average Bonchev–Trinajstić information content (AvgIpc) is 2.22. The Hall–Kier alpha value is -5.74. The number of aromatic hydroxyl groups is 2. The first-order valence-corrected chi connectivity index (χ1v) is 33.1. The summed E-state index contributed by atoms with van der Waals surface area (Å²) in [6, 6.07) is 19.0. The normalized spacial score (nSPS) is 11.0. The van der Waals surface area contributed by atoms with Crippen molar-refractivity contribution in [1.82, 2.24) is 40.8 Å². The Morgan fingerprint density at radius 1 is 0.581 bits per heavy atom. The zero-order valence-corrected chi connectivity index (χ0v) is 57.9. The largest absolute Gasteiger partial charge is 1.00 e. The second-order valence-corrected chi connectivity index (χ2v) is 27.7. The van der Waals surface area contributed by atoms with Crippen molar-refractivity contribution in [2.45, 2.75) is 23.8 Å². The number of phenolic OH excluding ortho intramolecular Hbond substituents is 2. The van der Waals surface area contributed by atoms with Crippen LogP contribution in [0.1, 0.15) is 1.43 Å². The molecular formula is C49H62BrN12NaO15S8. The fourth-order valence-corrected chi connectivity index (χ4v) is 13.1. The van der Waals surface area contributed by atoms with Crippen molar-refractivity contribution in [3.63, 3.8) is 0 Å². The van der Waals surface area contributed by atoms with Crippen LogP contribution in [0.2, 0.25) is 0 Å². The third-order valence-electron chi connectivity index (χ3n) is 8.69. The topological polar surface area (TPSA) is 407 Å². The number of halogens is 1. The van der Waals surface area contributed by atoms with Crippen molar-refractivity contribution in [3.8, 4) is 60.0 Å². The number of nitrogens with two attached hydrogens (primary N) is 2. The number of sulfonamides is 4. The molecule has 464 valence electrons. The zero-order valence-electron chi connectivity index (χ0n) is 48.8. The van der Waals surface area contributed by atoms with Crippen molar-refractivity contribution in [1.29, 1.82) is 0 Å². The number of hydrogen-bond acceptors (Lipinski definition) is 25. The number of rotatable bonds is 15. The Labute approximate surface area is 547 Å². The monoisotopic (exact) mass is 1420 g/mol. The molecule has 37 heteroatoms. The quantitative estimate of drug-likeness (QED) is 0.0214. The number of aromatic nitrogens is 4. The van der Waals surface area contributed by atoms with Crippen LogP contribution in [0.5, 0.6) is 23.0 Å². The second-order valence-electron chi connectivity index (χ2n) is 16.0. The van der Waals surface area contributed by atoms with Gasteiger partial charge in [0.05, 0.1) is 46.2 Å². The van der Waals surface area contributed by atoms with Gasteiger partial charge in [0, 0.05) is 49.5 Å². The molecule has 0 unspecified atom stereocenters. The summed E-state index contributed by atoms with van der Waals surface area (Å²) in [6.45, 7) is 0.314. The van der Waals surface area contributed by atoms with E-state index < -0.39 is 40.1 Å². The first-order chi connectivity index (χ1) is 39.4. The molecule has 0 aliphatic carbocycles. The molecular weight excluding hydrogens is 1360 g/mol. The van der Waals surface area contributed by atoms with Crippen molar-refractivity contribution in [2.24, 2.45) is 19.1 Å². The molecule has 0 saturated heterocycles. The Morgan fingerprint density at radius 3 is 1.13 bits per heavy atom. The molecule has 4 aromatic carbocycles. The van der Waals surface area contributed by atoms with Crippen molar-refractivity contribution in [2.75, 3.05) is 82.2 Å². The van der Waals surface area contributed by atoms with E-state index in [2.05, 4.69) is 62.4 Å². The maximum atomic E-state index is 12.0. The summed E-state index contributed by atoms with van der Waals surface area (Å²) < 4.78 is 121. The number of aliphatic hydroxyl groups is 1. The van der Waals surface area contributed by atoms with Gasteiger partial charge in [0.15, 0.2) is 0 Å². The number of thiazole rings is 4. The molecule has 8 aromatic rings. The van der Waals surface area contributed by atoms with E-state index in [4.69, 9.17) is 58.7 Å². The molecule has 27 nitrogen and oxygen atoms in total. The molecule has 10 N–H and O–H groups in total. The Kier molecular flexibility index (Phi) is 35.9. The van der Waals surface area contributed by atoms with Crippen LogP contribution in [0.15, 0.2) is 99.0 Å². The summed E-state index contributed by atoms with van der Waals surface area (Å²) in [5.41, 5.74) is 2.17. The van der Waals surface area contributed by atoms with Gasteiger partial charge in [-0.25, -0.2) is 47.0 Å². The maximum absolute atomic E-state index is 12.0. The van der Waals surface area contributed by atoms with Crippen molar-refractivity contribution < 1.29 is 98.9 Å². The molecule has 0 atom stereocenters. The third kappa shape index (κ3) is 27.1. The van der Waals surface area contributed by atoms with Crippen LogP contribution in [0, 0.1) is 37.0 Å². The van der Waals surface area contributed by atoms with Gasteiger partial charge in [0.1, 0.15) is 48.9 Å². The average molecular weight is 1420 g/mol. The molecule has 0 saturated carbocycles. The van der Waals surface area contributed by atoms with E-state index in [1.54, 1.807) is 84.9 Å². The van der Waals surface area contributed by atoms with Crippen LogP contribution in [-0.4, -0.2) is 185 Å². The molecule has 86 heavy (non-hydrogen) atoms. The molecule has 0 aliphatic rings. The van der Waals surface area contributed by atoms with Crippen LogP contribution in [0.3, 0.4) is 0 Å². The van der Waals surface area contributed by atoms with Crippen LogP contribution >= 0.6 is 61.3 Å². The SMILES string of the molecule is C#CCBr.C#CCOc1ccc2nc(S(=O)(=O)N=CN(C)C)sc2c1.C#CCOc1ccc2nc(S(N)(=O)=O)sc2c1.CN(C)C=NS(=O)(=O)c1nc2ccc(O)cc2s1.CO.COC(OC)N(C)C.N.NS(=O)(=O)c1nc2ccc(O)cc2s1.[H-].[Na+]. The van der Waals surface area contributed by atoms with Gasteiger partial charge >= 0.3 is 49.6 Å². The number of terminal acetylenes is 3. The predicted octanol–water partition coefficient (Wildman–Crippen LogP) is 2.50. The number of phenols is 2. The van der Waals surface area contributed by atoms with E-state index in [-0.39, 0.29) is 85.6 Å². The molecule has 0 radical (unpaired) electrons. The van der Waals surface area contributed by atoms with E-state index in [1.165, 1.54) is 52.8 Å². The molecule has 0 bridgehead atoms. The van der Waals surface area contributed by atoms with Crippen LogP contribution in [0.25, 0.3) is 40.9 Å². The molecule has 0 amide bonds. The van der Waals surface area contributed by atoms with Crippen LogP contribution < -0.4 is 55.5 Å². The number of primary sulfonamides is 2. The summed E-state index contributed by atoms with van der Waals surface area (Å²) in [4.78, 5) is 20.7. The minimum atomic E-state index is -3.78. The minimum Gasteiger partial charge on any atom is -1.00 e. The first-order valence-electron chi connectivity index (χ1n) is 22.7. The zero-order chi connectivity index (χ0) is 63.6. The molecule has 4 aromatic heterocycles. The fourth-order valence-electron chi connectivity index (χ4n) is 5.37. The maximum Gasteiger partial charge on any atom is 1.00 e. The van der Waals surface area contributed by atoms with Gasteiger partial charge < -0.3 is 51.6 Å². The first kappa shape index (κ1) is 80.3. The van der Waals surface area contributed by atoms with E-state index >= 15 is 0 Å². The molecule has 0 spiro atoms. The summed E-state index contributed by atoms with van der Waals surface area (Å²) in [6.07, 6.45) is 17.1. The number of methoxy groups -OCH3 is 2. The van der Waals surface area contributed by atoms with E-state index in [9.17, 15) is 38.8 Å². The standard InChI is InChI=1S/C13H13N3O3S2.C10H11N3O3S2.C10H8N2O3S2.C7H6N2O3S2.C5H13NO2.C3H3Br.CH4O.H3N.Na.H/c1-4-7-19-10-5-6-11-12(8-10)20-13(15-11)21(17,18)14-9-16(2)3;1-13(2)6-11-18(15,16)10-12-8-4-3-7(14)5-9(8)17-10;1-2-5-15-7-3-4-8-9(6-7)16-10(12-8)17(11,13)14;8-14(11,12)7-9-5-2-1-4(10)3-6(5)13-7;1-6(2)5(7-3)8-4;1-2-3-4;1-2;;;/h1,5-6,8-9H,7H2,2-3H3;3-6,14H,1-2H3;1,3-4,6H,5H2,(H2,11,13,14);1-3,10H,(H2,8,11,12);5H,1-4H3;1H,3H2;2H,1H3;1H3;;/q;;;;;;;;+1;-1. The molecule has 0 aliphatic heterocycles. The van der Waals surface area contributed by atoms with E-state index in [0.29, 0.717) is 57.7 Å². The Balaban J connectivity index is 0. The number of benzene rings is 4. The van der Waals surface area contributed by atoms with Crippen LogP contribution in [-0.2, 0) is 49.6 Å². The van der Waals surface area contributed by atoms with E-state index in [0.717, 1.165) is 52.5 Å². The smallest absolute Gasteiger partial charge is 1.00 e. The van der Waals surface area contributed by atoms with Crippen LogP contribution in [0.4, 0.5) is 0 Å². The molecule has 8 rings (SSSR count). The van der Waals surface area contributed by atoms with Crippen molar-refractivity contribution in [3.05, 3.63) is 72.8 Å². The number of hydrogen-bond donors (Lipinski definition) is 6. The molecule has 4 heterocycles. The Bertz CT molecular complexity index is 4110. The van der Waals surface area contributed by atoms with Gasteiger partial charge in [-0.2, -0.15) is 16.8 Å². The van der Waals surface area contributed by atoms with Gasteiger partial charge in [-0.1, -0.05) is 33.7 Å². The molecule has 0 fully saturated rings. The summed E-state index contributed by atoms with van der Waals surface area (Å²) in [5, 5.41) is 36.0. The van der Waals surface area contributed by atoms with Gasteiger partial charge in [-0.05, 0) is 86.9 Å². The van der Waals surface area contributed by atoms with Crippen molar-refractivity contribution >= 4 is 155 Å².